The number of nitrogens with zero attached hydrogens (tertiary/aromatic N) is 3. The number of benzene rings is 1. The highest BCUT2D eigenvalue weighted by molar-refractivity contribution is 6.15. The van der Waals surface area contributed by atoms with E-state index in [4.69, 9.17) is 5.26 Å². The summed E-state index contributed by atoms with van der Waals surface area (Å²) in [4.78, 5) is 12.2. The van der Waals surface area contributed by atoms with Crippen LogP contribution in [0.25, 0.3) is 0 Å². The lowest BCUT2D eigenvalue weighted by atomic mass is 10.0. The summed E-state index contributed by atoms with van der Waals surface area (Å²) in [7, 11) is 0. The molecule has 1 heterocycles. The van der Waals surface area contributed by atoms with Gasteiger partial charge in [0, 0.05) is 5.71 Å². The fraction of sp³-hybridized carbons (Fsp3) is 0.357. The Balaban J connectivity index is 2.40. The van der Waals surface area contributed by atoms with Crippen LogP contribution in [-0.4, -0.2) is 11.6 Å². The molecule has 4 nitrogen and oxygen atoms in total. The summed E-state index contributed by atoms with van der Waals surface area (Å²) in [5.41, 5.74) is 3.68. The van der Waals surface area contributed by atoms with Crippen molar-refractivity contribution >= 4 is 17.3 Å². The van der Waals surface area contributed by atoms with Crippen molar-refractivity contribution in [2.75, 3.05) is 5.01 Å². The SMILES string of the molecule is CC1=NN(c2cccc(C)c2C)C(=O)C1CC#N. The zero-order chi connectivity index (χ0) is 13.3. The standard InChI is InChI=1S/C14H15N3O/c1-9-5-4-6-13(10(9)2)17-14(18)12(7-8-15)11(3)16-17/h4-6,12H,7H2,1-3H3. The summed E-state index contributed by atoms with van der Waals surface area (Å²) in [5.74, 6) is -0.502. The Kier molecular flexibility index (Phi) is 3.15. The van der Waals surface area contributed by atoms with Crippen LogP contribution >= 0.6 is 0 Å². The van der Waals surface area contributed by atoms with Gasteiger partial charge in [-0.05, 0) is 38.0 Å². The number of hydrogen-bond donors (Lipinski definition) is 0. The van der Waals surface area contributed by atoms with Crippen molar-refractivity contribution in [3.8, 4) is 6.07 Å². The molecule has 92 valence electrons. The van der Waals surface area contributed by atoms with E-state index in [2.05, 4.69) is 5.10 Å². The first-order valence-electron chi connectivity index (χ1n) is 5.88. The highest BCUT2D eigenvalue weighted by Gasteiger charge is 2.34. The maximum atomic E-state index is 12.2. The summed E-state index contributed by atoms with van der Waals surface area (Å²) in [6, 6.07) is 7.83. The van der Waals surface area contributed by atoms with Crippen molar-refractivity contribution in [3.05, 3.63) is 29.3 Å². The first-order valence-corrected chi connectivity index (χ1v) is 5.88. The normalized spacial score (nSPS) is 18.8. The molecule has 0 bridgehead atoms. The molecule has 1 aromatic carbocycles. The van der Waals surface area contributed by atoms with Crippen LogP contribution in [0.4, 0.5) is 5.69 Å². The molecule has 2 rings (SSSR count). The fourth-order valence-corrected chi connectivity index (χ4v) is 2.07. The number of aryl methyl sites for hydroxylation is 1. The van der Waals surface area contributed by atoms with Gasteiger partial charge in [-0.2, -0.15) is 15.4 Å². The van der Waals surface area contributed by atoms with Crippen LogP contribution in [0.15, 0.2) is 23.3 Å². The Hall–Kier alpha value is -2.15. The lowest BCUT2D eigenvalue weighted by Crippen LogP contribution is -2.27. The second kappa shape index (κ2) is 4.61. The molecule has 0 spiro atoms. The number of anilines is 1. The molecular formula is C14H15N3O. The van der Waals surface area contributed by atoms with Crippen LogP contribution in [0.3, 0.4) is 0 Å². The Morgan fingerprint density at radius 2 is 2.11 bits per heavy atom. The van der Waals surface area contributed by atoms with Crippen molar-refractivity contribution in [1.29, 1.82) is 5.26 Å². The summed E-state index contributed by atoms with van der Waals surface area (Å²) in [6.07, 6.45) is 0.190. The predicted molar refractivity (Wildman–Crippen MR) is 70.2 cm³/mol. The molecule has 1 amide bonds. The molecule has 0 saturated carbocycles. The average molecular weight is 241 g/mol. The van der Waals surface area contributed by atoms with Gasteiger partial charge in [-0.15, -0.1) is 0 Å². The van der Waals surface area contributed by atoms with Crippen LogP contribution in [0.5, 0.6) is 0 Å². The maximum absolute atomic E-state index is 12.2. The minimum absolute atomic E-state index is 0.109. The van der Waals surface area contributed by atoms with E-state index in [0.29, 0.717) is 5.71 Å². The summed E-state index contributed by atoms with van der Waals surface area (Å²) in [6.45, 7) is 5.77. The number of carbonyl (C=O) groups excluding carboxylic acids is 1. The third-order valence-electron chi connectivity index (χ3n) is 3.37. The second-order valence-electron chi connectivity index (χ2n) is 4.53. The zero-order valence-corrected chi connectivity index (χ0v) is 10.8. The number of rotatable bonds is 2. The van der Waals surface area contributed by atoms with Crippen molar-refractivity contribution in [1.82, 2.24) is 0 Å². The number of carbonyl (C=O) groups is 1. The van der Waals surface area contributed by atoms with Crippen molar-refractivity contribution in [2.45, 2.75) is 27.2 Å². The molecule has 1 unspecified atom stereocenters. The summed E-state index contributed by atoms with van der Waals surface area (Å²) < 4.78 is 0. The molecule has 1 aliphatic heterocycles. The van der Waals surface area contributed by atoms with Gasteiger partial charge in [0.2, 0.25) is 0 Å². The molecule has 1 aliphatic rings. The highest BCUT2D eigenvalue weighted by Crippen LogP contribution is 2.29. The van der Waals surface area contributed by atoms with E-state index in [1.807, 2.05) is 38.1 Å². The van der Waals surface area contributed by atoms with E-state index < -0.39 is 5.92 Å². The number of hydrazone groups is 1. The first kappa shape index (κ1) is 12.3. The minimum atomic E-state index is -0.394. The van der Waals surface area contributed by atoms with Crippen LogP contribution in [0, 0.1) is 31.1 Å². The van der Waals surface area contributed by atoms with Gasteiger partial charge in [0.15, 0.2) is 0 Å². The Morgan fingerprint density at radius 3 is 2.78 bits per heavy atom. The summed E-state index contributed by atoms with van der Waals surface area (Å²) >= 11 is 0. The second-order valence-corrected chi connectivity index (χ2v) is 4.53. The molecule has 0 saturated heterocycles. The molecule has 0 radical (unpaired) electrons. The molecular weight excluding hydrogens is 226 g/mol. The van der Waals surface area contributed by atoms with Crippen LogP contribution < -0.4 is 5.01 Å². The van der Waals surface area contributed by atoms with Gasteiger partial charge in [0.25, 0.3) is 5.91 Å². The molecule has 0 aliphatic carbocycles. The van der Waals surface area contributed by atoms with E-state index in [9.17, 15) is 4.79 Å². The lowest BCUT2D eigenvalue weighted by Gasteiger charge is -2.17. The van der Waals surface area contributed by atoms with Crippen LogP contribution in [0.1, 0.15) is 24.5 Å². The predicted octanol–water partition coefficient (Wildman–Crippen LogP) is 2.56. The van der Waals surface area contributed by atoms with Gasteiger partial charge in [0.1, 0.15) is 0 Å². The lowest BCUT2D eigenvalue weighted by molar-refractivity contribution is -0.119. The van der Waals surface area contributed by atoms with Gasteiger partial charge in [0.05, 0.1) is 24.1 Å². The number of amides is 1. The Labute approximate surface area is 107 Å². The first-order chi connectivity index (χ1) is 8.56. The Morgan fingerprint density at radius 1 is 1.39 bits per heavy atom. The van der Waals surface area contributed by atoms with E-state index in [1.54, 1.807) is 6.92 Å². The van der Waals surface area contributed by atoms with Crippen LogP contribution in [0.2, 0.25) is 0 Å². The van der Waals surface area contributed by atoms with Crippen molar-refractivity contribution in [2.24, 2.45) is 11.0 Å². The third kappa shape index (κ3) is 1.88. The molecule has 4 heteroatoms. The molecule has 18 heavy (non-hydrogen) atoms. The van der Waals surface area contributed by atoms with E-state index in [-0.39, 0.29) is 12.3 Å². The largest absolute Gasteiger partial charge is 0.272 e. The van der Waals surface area contributed by atoms with Gasteiger partial charge in [-0.25, -0.2) is 0 Å². The van der Waals surface area contributed by atoms with Crippen molar-refractivity contribution in [3.63, 3.8) is 0 Å². The average Bonchev–Trinajstić information content (AvgIpc) is 2.61. The Bertz CT molecular complexity index is 569. The summed E-state index contributed by atoms with van der Waals surface area (Å²) in [5, 5.41) is 14.5. The number of nitriles is 1. The van der Waals surface area contributed by atoms with Gasteiger partial charge in [-0.3, -0.25) is 4.79 Å². The molecule has 1 aromatic rings. The number of hydrogen-bond acceptors (Lipinski definition) is 3. The topological polar surface area (TPSA) is 56.5 Å². The highest BCUT2D eigenvalue weighted by atomic mass is 16.2. The smallest absolute Gasteiger partial charge is 0.257 e. The fourth-order valence-electron chi connectivity index (χ4n) is 2.07. The van der Waals surface area contributed by atoms with E-state index in [1.165, 1.54) is 5.01 Å². The minimum Gasteiger partial charge on any atom is -0.272 e. The molecule has 1 atom stereocenters. The molecule has 0 fully saturated rings. The maximum Gasteiger partial charge on any atom is 0.257 e. The van der Waals surface area contributed by atoms with Crippen molar-refractivity contribution < 1.29 is 4.79 Å². The quantitative estimate of drug-likeness (QED) is 0.799. The van der Waals surface area contributed by atoms with E-state index in [0.717, 1.165) is 16.8 Å². The zero-order valence-electron chi connectivity index (χ0n) is 10.8. The monoisotopic (exact) mass is 241 g/mol. The van der Waals surface area contributed by atoms with Crippen LogP contribution in [-0.2, 0) is 4.79 Å². The van der Waals surface area contributed by atoms with Gasteiger partial charge < -0.3 is 0 Å². The molecule has 0 aromatic heterocycles. The van der Waals surface area contributed by atoms with Gasteiger partial charge >= 0.3 is 0 Å². The molecule has 0 N–H and O–H groups in total. The van der Waals surface area contributed by atoms with E-state index >= 15 is 0 Å². The van der Waals surface area contributed by atoms with Gasteiger partial charge in [-0.1, -0.05) is 12.1 Å². The third-order valence-corrected chi connectivity index (χ3v) is 3.37.